The Kier molecular flexibility index (Phi) is 6.56. The third kappa shape index (κ3) is 4.97. The molecule has 7 nitrogen and oxygen atoms in total. The minimum absolute atomic E-state index is 0.134. The lowest BCUT2D eigenvalue weighted by Gasteiger charge is -2.21. The zero-order valence-electron chi connectivity index (χ0n) is 16.2. The summed E-state index contributed by atoms with van der Waals surface area (Å²) in [6.45, 7) is 4.77. The molecule has 0 aliphatic heterocycles. The fourth-order valence-electron chi connectivity index (χ4n) is 2.98. The van der Waals surface area contributed by atoms with Crippen LogP contribution in [0.2, 0.25) is 0 Å². The van der Waals surface area contributed by atoms with E-state index >= 15 is 0 Å². The second-order valence-electron chi connectivity index (χ2n) is 6.51. The molecule has 0 spiro atoms. The van der Waals surface area contributed by atoms with E-state index in [2.05, 4.69) is 10.3 Å². The summed E-state index contributed by atoms with van der Waals surface area (Å²) >= 11 is 1.58. The number of nitrogens with one attached hydrogen (secondary N) is 1. The highest BCUT2D eigenvalue weighted by Gasteiger charge is 2.22. The molecule has 0 radical (unpaired) electrons. The summed E-state index contributed by atoms with van der Waals surface area (Å²) in [4.78, 5) is 31.1. The number of pyridine rings is 1. The normalized spacial score (nSPS) is 11.7. The van der Waals surface area contributed by atoms with Gasteiger partial charge in [-0.25, -0.2) is 0 Å². The molecule has 0 aliphatic rings. The summed E-state index contributed by atoms with van der Waals surface area (Å²) in [5.41, 5.74) is 1.29. The number of carbonyl (C=O) groups is 1. The number of anilines is 1. The lowest BCUT2D eigenvalue weighted by atomic mass is 10.1. The molecule has 3 rings (SSSR count). The minimum Gasteiger partial charge on any atom is -0.371 e. The Balaban J connectivity index is 1.83. The van der Waals surface area contributed by atoms with Gasteiger partial charge in [0, 0.05) is 29.2 Å². The van der Waals surface area contributed by atoms with Gasteiger partial charge < -0.3 is 10.2 Å². The Hall–Kier alpha value is -3.26. The largest absolute Gasteiger partial charge is 0.371 e. The number of benzene rings is 1. The average Bonchev–Trinajstić information content (AvgIpc) is 3.25. The molecule has 1 amide bonds. The molecule has 0 bridgehead atoms. The summed E-state index contributed by atoms with van der Waals surface area (Å²) in [6, 6.07) is 13.8. The van der Waals surface area contributed by atoms with E-state index in [4.69, 9.17) is 0 Å². The number of rotatable bonds is 8. The quantitative estimate of drug-likeness (QED) is 0.422. The van der Waals surface area contributed by atoms with Crippen molar-refractivity contribution in [1.29, 1.82) is 0 Å². The van der Waals surface area contributed by atoms with Crippen LogP contribution in [0.1, 0.15) is 40.8 Å². The van der Waals surface area contributed by atoms with Crippen molar-refractivity contribution < 1.29 is 9.72 Å². The van der Waals surface area contributed by atoms with Crippen LogP contribution in [0.4, 0.5) is 11.4 Å². The molecule has 0 saturated carbocycles. The van der Waals surface area contributed by atoms with E-state index in [0.29, 0.717) is 24.3 Å². The third-order valence-electron chi connectivity index (χ3n) is 4.54. The van der Waals surface area contributed by atoms with Crippen molar-refractivity contribution in [2.75, 3.05) is 11.9 Å². The number of nitro benzene ring substituents is 1. The van der Waals surface area contributed by atoms with Gasteiger partial charge in [0.05, 0.1) is 23.2 Å². The molecule has 1 N–H and O–H groups in total. The molecule has 8 heteroatoms. The third-order valence-corrected chi connectivity index (χ3v) is 5.40. The maximum atomic E-state index is 12.9. The Bertz CT molecular complexity index is 977. The van der Waals surface area contributed by atoms with Crippen LogP contribution in [0.15, 0.2) is 60.1 Å². The highest BCUT2D eigenvalue weighted by molar-refractivity contribution is 7.09. The Morgan fingerprint density at radius 2 is 2.10 bits per heavy atom. The highest BCUT2D eigenvalue weighted by atomic mass is 32.1. The van der Waals surface area contributed by atoms with E-state index in [1.165, 1.54) is 6.07 Å². The van der Waals surface area contributed by atoms with Crippen molar-refractivity contribution in [3.8, 4) is 0 Å². The lowest BCUT2D eigenvalue weighted by Crippen LogP contribution is -2.30. The summed E-state index contributed by atoms with van der Waals surface area (Å²) in [5.74, 6) is -0.228. The molecule has 0 fully saturated rings. The Morgan fingerprint density at radius 3 is 2.72 bits per heavy atom. The fraction of sp³-hybridized carbons (Fsp3) is 0.238. The summed E-state index contributed by atoms with van der Waals surface area (Å²) in [5, 5.41) is 16.7. The first kappa shape index (κ1) is 20.5. The van der Waals surface area contributed by atoms with E-state index in [1.807, 2.05) is 49.6 Å². The summed E-state index contributed by atoms with van der Waals surface area (Å²) in [7, 11) is 0. The molecule has 1 atom stereocenters. The van der Waals surface area contributed by atoms with Gasteiger partial charge in [-0.05, 0) is 49.6 Å². The van der Waals surface area contributed by atoms with Crippen molar-refractivity contribution in [3.05, 3.63) is 86.4 Å². The molecule has 3 aromatic rings. The lowest BCUT2D eigenvalue weighted by molar-refractivity contribution is -0.384. The van der Waals surface area contributed by atoms with Crippen LogP contribution < -0.4 is 5.32 Å². The summed E-state index contributed by atoms with van der Waals surface area (Å²) in [6.07, 6.45) is 1.68. The van der Waals surface area contributed by atoms with E-state index in [9.17, 15) is 14.9 Å². The van der Waals surface area contributed by atoms with Crippen LogP contribution >= 0.6 is 11.3 Å². The molecule has 150 valence electrons. The van der Waals surface area contributed by atoms with Crippen LogP contribution in [0.3, 0.4) is 0 Å². The first-order valence-electron chi connectivity index (χ1n) is 9.27. The number of nitrogens with zero attached hydrogens (tertiary/aromatic N) is 3. The molecule has 29 heavy (non-hydrogen) atoms. The number of aromatic nitrogens is 1. The highest BCUT2D eigenvalue weighted by Crippen LogP contribution is 2.29. The predicted octanol–water partition coefficient (Wildman–Crippen LogP) is 4.89. The van der Waals surface area contributed by atoms with Gasteiger partial charge in [-0.1, -0.05) is 12.1 Å². The van der Waals surface area contributed by atoms with E-state index in [-0.39, 0.29) is 17.6 Å². The van der Waals surface area contributed by atoms with Gasteiger partial charge in [0.25, 0.3) is 11.6 Å². The number of nitro groups is 1. The van der Waals surface area contributed by atoms with E-state index < -0.39 is 4.92 Å². The maximum absolute atomic E-state index is 12.9. The zero-order chi connectivity index (χ0) is 20.8. The molecule has 0 aliphatic carbocycles. The van der Waals surface area contributed by atoms with Gasteiger partial charge in [0.15, 0.2) is 0 Å². The van der Waals surface area contributed by atoms with Gasteiger partial charge in [-0.15, -0.1) is 11.3 Å². The topological polar surface area (TPSA) is 88.4 Å². The first-order valence-corrected chi connectivity index (χ1v) is 10.1. The van der Waals surface area contributed by atoms with Crippen molar-refractivity contribution in [1.82, 2.24) is 9.88 Å². The first-order chi connectivity index (χ1) is 14.0. The van der Waals surface area contributed by atoms with Crippen LogP contribution in [0.5, 0.6) is 0 Å². The van der Waals surface area contributed by atoms with Crippen molar-refractivity contribution >= 4 is 28.6 Å². The van der Waals surface area contributed by atoms with Gasteiger partial charge in [-0.3, -0.25) is 19.9 Å². The zero-order valence-corrected chi connectivity index (χ0v) is 17.1. The van der Waals surface area contributed by atoms with Gasteiger partial charge in [-0.2, -0.15) is 0 Å². The number of amides is 1. The second-order valence-corrected chi connectivity index (χ2v) is 7.54. The molecule has 1 aromatic carbocycles. The van der Waals surface area contributed by atoms with Gasteiger partial charge in [0.1, 0.15) is 5.69 Å². The molecule has 0 saturated heterocycles. The van der Waals surface area contributed by atoms with Crippen molar-refractivity contribution in [3.63, 3.8) is 0 Å². The minimum atomic E-state index is -0.472. The number of hydrogen-bond donors (Lipinski definition) is 1. The molecular formula is C21H22N4O3S. The molecular weight excluding hydrogens is 388 g/mol. The van der Waals surface area contributed by atoms with Crippen LogP contribution in [-0.4, -0.2) is 27.3 Å². The predicted molar refractivity (Wildman–Crippen MR) is 114 cm³/mol. The van der Waals surface area contributed by atoms with E-state index in [1.54, 1.807) is 34.6 Å². The van der Waals surface area contributed by atoms with Crippen LogP contribution in [0, 0.1) is 10.1 Å². The molecule has 1 unspecified atom stereocenters. The Labute approximate surface area is 173 Å². The van der Waals surface area contributed by atoms with Gasteiger partial charge in [0.2, 0.25) is 0 Å². The average molecular weight is 410 g/mol. The Morgan fingerprint density at radius 1 is 1.28 bits per heavy atom. The summed E-state index contributed by atoms with van der Waals surface area (Å²) < 4.78 is 0. The number of thiophene rings is 1. The van der Waals surface area contributed by atoms with E-state index in [0.717, 1.165) is 10.6 Å². The SMILES string of the molecule is CCN(Cc1cccs1)C(=O)c1ccc(NC(C)c2ccccn2)c([N+](=O)[O-])c1. The van der Waals surface area contributed by atoms with Crippen molar-refractivity contribution in [2.24, 2.45) is 0 Å². The second kappa shape index (κ2) is 9.29. The number of carbonyl (C=O) groups excluding carboxylic acids is 1. The van der Waals surface area contributed by atoms with Crippen LogP contribution in [-0.2, 0) is 6.54 Å². The smallest absolute Gasteiger partial charge is 0.293 e. The van der Waals surface area contributed by atoms with Gasteiger partial charge >= 0.3 is 0 Å². The molecule has 2 heterocycles. The number of hydrogen-bond acceptors (Lipinski definition) is 6. The standard InChI is InChI=1S/C21H22N4O3S/c1-3-24(14-17-7-6-12-29-17)21(26)16-9-10-19(20(13-16)25(27)28)23-15(2)18-8-4-5-11-22-18/h4-13,15,23H,3,14H2,1-2H3. The monoisotopic (exact) mass is 410 g/mol. The molecule has 2 aromatic heterocycles. The van der Waals surface area contributed by atoms with Crippen molar-refractivity contribution in [2.45, 2.75) is 26.4 Å². The maximum Gasteiger partial charge on any atom is 0.293 e. The fourth-order valence-corrected chi connectivity index (χ4v) is 3.70. The van der Waals surface area contributed by atoms with Crippen LogP contribution in [0.25, 0.3) is 0 Å².